The van der Waals surface area contributed by atoms with Gasteiger partial charge in [0.1, 0.15) is 0 Å². The van der Waals surface area contributed by atoms with E-state index in [0.29, 0.717) is 0 Å². The standard InChI is InChI=1S/C10H18.C9H16.C2H6/c1-6-7-9(4)10(5)8(2)3;1-2-3-6-9-7-4-5-8-9;1-2/h4,6-7H2,1-3,5H3;4-5,9H,2-3,6-8H2,1H3;1-2H3. The van der Waals surface area contributed by atoms with Gasteiger partial charge in [0, 0.05) is 0 Å². The van der Waals surface area contributed by atoms with E-state index >= 15 is 0 Å². The molecule has 1 rings (SSSR count). The van der Waals surface area contributed by atoms with Gasteiger partial charge in [0.15, 0.2) is 0 Å². The average molecular weight is 293 g/mol. The molecule has 0 atom stereocenters. The minimum absolute atomic E-state index is 1.00. The van der Waals surface area contributed by atoms with E-state index in [4.69, 9.17) is 0 Å². The lowest BCUT2D eigenvalue weighted by atomic mass is 10.0. The molecule has 0 nitrogen and oxygen atoms in total. The van der Waals surface area contributed by atoms with E-state index in [1.807, 2.05) is 13.8 Å². The van der Waals surface area contributed by atoms with Crippen LogP contribution in [0.15, 0.2) is 35.5 Å². The molecule has 0 N–H and O–H groups in total. The Morgan fingerprint density at radius 1 is 1.00 bits per heavy atom. The Kier molecular flexibility index (Phi) is 16.7. The van der Waals surface area contributed by atoms with Crippen molar-refractivity contribution in [3.05, 3.63) is 35.5 Å². The molecular formula is C21H40. The van der Waals surface area contributed by atoms with Crippen LogP contribution in [0.2, 0.25) is 0 Å². The molecule has 0 aliphatic heterocycles. The Morgan fingerprint density at radius 2 is 1.52 bits per heavy atom. The normalized spacial score (nSPS) is 12.9. The highest BCUT2D eigenvalue weighted by Crippen LogP contribution is 2.22. The van der Waals surface area contributed by atoms with Gasteiger partial charge < -0.3 is 0 Å². The summed E-state index contributed by atoms with van der Waals surface area (Å²) in [4.78, 5) is 0. The van der Waals surface area contributed by atoms with Crippen LogP contribution in [-0.2, 0) is 0 Å². The second kappa shape index (κ2) is 15.6. The first-order valence-electron chi connectivity index (χ1n) is 9.00. The third-order valence-electron chi connectivity index (χ3n) is 3.90. The number of hydrogen-bond donors (Lipinski definition) is 0. The van der Waals surface area contributed by atoms with Gasteiger partial charge in [-0.15, -0.1) is 0 Å². The molecule has 0 heterocycles. The Bertz CT molecular complexity index is 292. The second-order valence-corrected chi connectivity index (χ2v) is 5.93. The van der Waals surface area contributed by atoms with Crippen molar-refractivity contribution >= 4 is 0 Å². The Balaban J connectivity index is 0. The zero-order valence-electron chi connectivity index (χ0n) is 15.9. The fraction of sp³-hybridized carbons (Fsp3) is 0.714. The topological polar surface area (TPSA) is 0 Å². The lowest BCUT2D eigenvalue weighted by Gasteiger charge is -2.05. The summed E-state index contributed by atoms with van der Waals surface area (Å²) in [6.45, 7) is 18.9. The molecule has 0 bridgehead atoms. The minimum Gasteiger partial charge on any atom is -0.0956 e. The van der Waals surface area contributed by atoms with E-state index in [1.165, 1.54) is 55.2 Å². The van der Waals surface area contributed by atoms with Crippen LogP contribution >= 0.6 is 0 Å². The Labute approximate surface area is 135 Å². The largest absolute Gasteiger partial charge is 0.0956 e. The number of rotatable bonds is 6. The van der Waals surface area contributed by atoms with Crippen molar-refractivity contribution in [1.29, 1.82) is 0 Å². The molecule has 0 fully saturated rings. The summed E-state index contributed by atoms with van der Waals surface area (Å²) in [5, 5.41) is 0. The van der Waals surface area contributed by atoms with Crippen molar-refractivity contribution in [2.24, 2.45) is 5.92 Å². The van der Waals surface area contributed by atoms with Crippen LogP contribution in [0.4, 0.5) is 0 Å². The molecule has 0 spiro atoms. The van der Waals surface area contributed by atoms with Crippen LogP contribution in [0, 0.1) is 5.92 Å². The van der Waals surface area contributed by atoms with Gasteiger partial charge in [-0.3, -0.25) is 0 Å². The van der Waals surface area contributed by atoms with Gasteiger partial charge in [-0.2, -0.15) is 0 Å². The predicted molar refractivity (Wildman–Crippen MR) is 101 cm³/mol. The zero-order chi connectivity index (χ0) is 16.7. The Hall–Kier alpha value is -0.780. The maximum absolute atomic E-state index is 4.01. The molecule has 21 heavy (non-hydrogen) atoms. The molecule has 0 aromatic carbocycles. The molecule has 0 radical (unpaired) electrons. The van der Waals surface area contributed by atoms with Crippen LogP contribution in [0.5, 0.6) is 0 Å². The molecule has 0 amide bonds. The summed E-state index contributed by atoms with van der Waals surface area (Å²) in [6.07, 6.45) is 13.9. The molecule has 1 aliphatic rings. The van der Waals surface area contributed by atoms with E-state index in [2.05, 4.69) is 53.3 Å². The van der Waals surface area contributed by atoms with Crippen LogP contribution in [0.25, 0.3) is 0 Å². The van der Waals surface area contributed by atoms with Gasteiger partial charge in [-0.1, -0.05) is 76.8 Å². The minimum atomic E-state index is 1.00. The van der Waals surface area contributed by atoms with E-state index < -0.39 is 0 Å². The summed E-state index contributed by atoms with van der Waals surface area (Å²) in [6, 6.07) is 0. The lowest BCUT2D eigenvalue weighted by molar-refractivity contribution is 0.495. The third kappa shape index (κ3) is 12.7. The summed E-state index contributed by atoms with van der Waals surface area (Å²) in [5.41, 5.74) is 4.06. The van der Waals surface area contributed by atoms with Gasteiger partial charge in [-0.25, -0.2) is 0 Å². The van der Waals surface area contributed by atoms with Gasteiger partial charge in [-0.05, 0) is 57.9 Å². The molecule has 1 aliphatic carbocycles. The second-order valence-electron chi connectivity index (χ2n) is 5.93. The van der Waals surface area contributed by atoms with Crippen molar-refractivity contribution in [2.75, 3.05) is 0 Å². The van der Waals surface area contributed by atoms with Crippen molar-refractivity contribution in [2.45, 2.75) is 93.4 Å². The molecule has 0 unspecified atom stereocenters. The van der Waals surface area contributed by atoms with E-state index in [9.17, 15) is 0 Å². The molecule has 0 saturated carbocycles. The molecule has 0 aromatic heterocycles. The SMILES string of the molecule is C=C(CCC)C(C)=C(C)C.CC.CCCCC1CC=CC1. The zero-order valence-corrected chi connectivity index (χ0v) is 15.9. The Morgan fingerprint density at radius 3 is 1.90 bits per heavy atom. The lowest BCUT2D eigenvalue weighted by Crippen LogP contribution is -1.91. The van der Waals surface area contributed by atoms with Gasteiger partial charge in [0.05, 0.1) is 0 Å². The van der Waals surface area contributed by atoms with Crippen molar-refractivity contribution in [3.63, 3.8) is 0 Å². The van der Waals surface area contributed by atoms with Crippen molar-refractivity contribution in [1.82, 2.24) is 0 Å². The predicted octanol–water partition coefficient (Wildman–Crippen LogP) is 7.87. The van der Waals surface area contributed by atoms with Gasteiger partial charge in [0.2, 0.25) is 0 Å². The van der Waals surface area contributed by atoms with E-state index in [1.54, 1.807) is 0 Å². The fourth-order valence-electron chi connectivity index (χ4n) is 2.24. The highest BCUT2D eigenvalue weighted by atomic mass is 14.1. The summed E-state index contributed by atoms with van der Waals surface area (Å²) < 4.78 is 0. The third-order valence-corrected chi connectivity index (χ3v) is 3.90. The number of hydrogen-bond acceptors (Lipinski definition) is 0. The number of allylic oxidation sites excluding steroid dienone is 5. The maximum Gasteiger partial charge on any atom is -0.0285 e. The fourth-order valence-corrected chi connectivity index (χ4v) is 2.24. The first-order valence-corrected chi connectivity index (χ1v) is 9.00. The van der Waals surface area contributed by atoms with Gasteiger partial charge in [0.25, 0.3) is 0 Å². The quantitative estimate of drug-likeness (QED) is 0.345. The first-order chi connectivity index (χ1) is 10.0. The number of unbranched alkanes of at least 4 members (excludes halogenated alkanes) is 1. The molecular weight excluding hydrogens is 252 g/mol. The highest BCUT2D eigenvalue weighted by molar-refractivity contribution is 5.29. The maximum atomic E-state index is 4.01. The summed E-state index contributed by atoms with van der Waals surface area (Å²) in [7, 11) is 0. The van der Waals surface area contributed by atoms with Crippen LogP contribution in [0.3, 0.4) is 0 Å². The summed E-state index contributed by atoms with van der Waals surface area (Å²) >= 11 is 0. The smallest absolute Gasteiger partial charge is 0.0285 e. The monoisotopic (exact) mass is 292 g/mol. The highest BCUT2D eigenvalue weighted by Gasteiger charge is 2.07. The van der Waals surface area contributed by atoms with Crippen LogP contribution in [-0.4, -0.2) is 0 Å². The van der Waals surface area contributed by atoms with Crippen molar-refractivity contribution < 1.29 is 0 Å². The summed E-state index contributed by atoms with van der Waals surface area (Å²) in [5.74, 6) is 1.00. The van der Waals surface area contributed by atoms with E-state index in [0.717, 1.165) is 12.3 Å². The van der Waals surface area contributed by atoms with Gasteiger partial charge >= 0.3 is 0 Å². The molecule has 0 aromatic rings. The van der Waals surface area contributed by atoms with E-state index in [-0.39, 0.29) is 0 Å². The van der Waals surface area contributed by atoms with Crippen LogP contribution in [0.1, 0.15) is 93.4 Å². The first kappa shape index (κ1) is 22.5. The van der Waals surface area contributed by atoms with Crippen molar-refractivity contribution in [3.8, 4) is 0 Å². The van der Waals surface area contributed by atoms with Crippen LogP contribution < -0.4 is 0 Å². The molecule has 124 valence electrons. The molecule has 0 heteroatoms. The average Bonchev–Trinajstić information content (AvgIpc) is 3.00. The molecule has 0 saturated heterocycles.